The van der Waals surface area contributed by atoms with Crippen LogP contribution in [0.25, 0.3) is 0 Å². The zero-order valence-corrected chi connectivity index (χ0v) is 27.3. The predicted molar refractivity (Wildman–Crippen MR) is 187 cm³/mol. The van der Waals surface area contributed by atoms with E-state index in [1.165, 1.54) is 103 Å². The van der Waals surface area contributed by atoms with Crippen molar-refractivity contribution in [3.63, 3.8) is 0 Å². The Morgan fingerprint density at radius 2 is 0.543 bits per heavy atom. The average Bonchev–Trinajstić information content (AvgIpc) is 3.81. The van der Waals surface area contributed by atoms with Crippen LogP contribution in [0.4, 0.5) is 0 Å². The number of nitrogens with two attached hydrogens (primary N) is 1. The number of hydrogen-bond donors (Lipinski definition) is 9. The zero-order chi connectivity index (χ0) is 30.5. The van der Waals surface area contributed by atoms with E-state index in [1.807, 2.05) is 0 Å². The molecule has 10 N–H and O–H groups in total. The van der Waals surface area contributed by atoms with Gasteiger partial charge in [0.1, 0.15) is 0 Å². The lowest BCUT2D eigenvalue weighted by molar-refractivity contribution is -0.113. The molecule has 0 aromatic carbocycles. The van der Waals surface area contributed by atoms with E-state index >= 15 is 0 Å². The van der Waals surface area contributed by atoms with Crippen LogP contribution in [0.5, 0.6) is 0 Å². The maximum atomic E-state index is 9.47. The second-order valence-corrected chi connectivity index (χ2v) is 16.2. The van der Waals surface area contributed by atoms with Crippen LogP contribution in [0, 0.1) is 47.3 Å². The van der Waals surface area contributed by atoms with Crippen molar-refractivity contribution in [2.24, 2.45) is 53.1 Å². The Bertz CT molecular complexity index is 859. The van der Waals surface area contributed by atoms with Crippen LogP contribution in [-0.4, -0.2) is 72.6 Å². The Kier molecular flexibility index (Phi) is 10.9. The van der Waals surface area contributed by atoms with Crippen molar-refractivity contribution in [3.8, 4) is 0 Å². The molecule has 258 valence electrons. The summed E-state index contributed by atoms with van der Waals surface area (Å²) in [5, 5.41) is 33.8. The van der Waals surface area contributed by atoms with E-state index in [0.717, 1.165) is 53.4 Å². The first kappa shape index (κ1) is 33.9. The minimum absolute atomic E-state index is 0. The fourth-order valence-electron chi connectivity index (χ4n) is 12.0. The summed E-state index contributed by atoms with van der Waals surface area (Å²) in [5.41, 5.74) is 4.53. The summed E-state index contributed by atoms with van der Waals surface area (Å²) in [5.74, 6) is 5.49. The molecule has 9 rings (SSSR count). The average molecular weight is 654 g/mol. The van der Waals surface area contributed by atoms with E-state index in [9.17, 15) is 4.79 Å². The first-order valence-corrected chi connectivity index (χ1v) is 19.1. The number of fused-ring (bicyclic) bond motifs is 20. The van der Waals surface area contributed by atoms with Gasteiger partial charge in [0.05, 0.1) is 49.3 Å². The Morgan fingerprint density at radius 1 is 0.413 bits per heavy atom. The summed E-state index contributed by atoms with van der Waals surface area (Å²) in [6.07, 6.45) is 26.6. The van der Waals surface area contributed by atoms with E-state index < -0.39 is 5.91 Å². The molecule has 1 amide bonds. The monoisotopic (exact) mass is 654 g/mol. The van der Waals surface area contributed by atoms with Crippen LogP contribution in [0.3, 0.4) is 0 Å². The van der Waals surface area contributed by atoms with Gasteiger partial charge in [-0.1, -0.05) is 57.9 Å². The molecule has 9 fully saturated rings. The number of amides is 1. The lowest BCUT2D eigenvalue weighted by Crippen LogP contribution is -2.61. The van der Waals surface area contributed by atoms with Crippen LogP contribution >= 0.6 is 0 Å². The molecule has 8 atom stereocenters. The molecular formula is C35H64AlN9O. The Morgan fingerprint density at radius 3 is 0.652 bits per heavy atom. The molecule has 4 aliphatic carbocycles. The fourth-order valence-corrected chi connectivity index (χ4v) is 12.0. The van der Waals surface area contributed by atoms with Crippen molar-refractivity contribution in [1.82, 2.24) is 42.5 Å². The quantitative estimate of drug-likeness (QED) is 0.150. The molecule has 0 radical (unpaired) electrons. The van der Waals surface area contributed by atoms with Gasteiger partial charge in [0.25, 0.3) is 0 Å². The molecule has 5 aliphatic heterocycles. The Labute approximate surface area is 287 Å². The van der Waals surface area contributed by atoms with Crippen molar-refractivity contribution >= 4 is 23.3 Å². The maximum absolute atomic E-state index is 9.47. The minimum atomic E-state index is -0.481. The molecular weight excluding hydrogens is 589 g/mol. The highest BCUT2D eigenvalue weighted by atomic mass is 27.0. The van der Waals surface area contributed by atoms with Gasteiger partial charge in [-0.2, -0.15) is 0 Å². The first-order valence-electron chi connectivity index (χ1n) is 19.1. The van der Waals surface area contributed by atoms with Gasteiger partial charge in [0.2, 0.25) is 5.91 Å². The summed E-state index contributed by atoms with van der Waals surface area (Å²) in [6, 6.07) is 0. The molecule has 0 spiro atoms. The fraction of sp³-hybridized carbons (Fsp3) is 0.914. The minimum Gasteiger partial charge on any atom is -0.366 e. The van der Waals surface area contributed by atoms with E-state index in [4.69, 9.17) is 0 Å². The van der Waals surface area contributed by atoms with Crippen molar-refractivity contribution in [2.45, 2.75) is 152 Å². The summed E-state index contributed by atoms with van der Waals surface area (Å²) in [7, 11) is 0. The van der Waals surface area contributed by atoms with Crippen LogP contribution in [-0.2, 0) is 4.79 Å². The molecule has 8 unspecified atom stereocenters. The van der Waals surface area contributed by atoms with Gasteiger partial charge in [-0.3, -0.25) is 47.3 Å². The number of carbonyl (C=O) groups excluding carboxylic acids is 1. The highest BCUT2D eigenvalue weighted by Gasteiger charge is 2.54. The van der Waals surface area contributed by atoms with Gasteiger partial charge in [-0.15, -0.1) is 0 Å². The second-order valence-electron chi connectivity index (χ2n) is 16.2. The molecule has 8 bridgehead atoms. The third-order valence-electron chi connectivity index (χ3n) is 14.0. The van der Waals surface area contributed by atoms with Gasteiger partial charge in [-0.25, -0.2) is 0 Å². The van der Waals surface area contributed by atoms with Crippen molar-refractivity contribution < 1.29 is 4.79 Å². The standard InChI is InChI=1S/C32H56N8.C3H5NO.Al.3H/c1-2-10-18-17(9-1)25-33-26(18)38-28-21-13-5-6-14-22(21)30(35-28)40-32-24-16-8-7-15-23(24)31(36-32)39-29-20-12-4-3-11-19(20)27(34-29)37-25;1-2-3(4)5;;;;/h17-40H,1-16H2;2H,1H2,(H2,4,5);;;;. The SMILES string of the molecule is C1CCC2C3NC(NC4NC(NC5NC(NC6NC(N3)C3CCCCC63)C3CCCCC53)C3CCCCC43)C2C1.C=CC(N)=O.[AlH3]. The topological polar surface area (TPSA) is 139 Å². The van der Waals surface area contributed by atoms with Gasteiger partial charge < -0.3 is 5.73 Å². The number of hydrogen-bond acceptors (Lipinski definition) is 9. The summed E-state index contributed by atoms with van der Waals surface area (Å²) in [4.78, 5) is 9.47. The highest BCUT2D eigenvalue weighted by Crippen LogP contribution is 2.45. The Hall–Kier alpha value is -0.578. The molecule has 9 aliphatic rings. The normalized spacial score (nSPS) is 50.8. The van der Waals surface area contributed by atoms with E-state index in [-0.39, 0.29) is 17.4 Å². The van der Waals surface area contributed by atoms with Gasteiger partial charge in [0.15, 0.2) is 17.4 Å². The lowest BCUT2D eigenvalue weighted by Gasteiger charge is -2.35. The highest BCUT2D eigenvalue weighted by molar-refractivity contribution is 5.84. The molecule has 0 aromatic heterocycles. The van der Waals surface area contributed by atoms with Crippen molar-refractivity contribution in [1.29, 1.82) is 0 Å². The van der Waals surface area contributed by atoms with E-state index in [0.29, 0.717) is 49.3 Å². The summed E-state index contributed by atoms with van der Waals surface area (Å²) < 4.78 is 0. The first-order chi connectivity index (χ1) is 22.1. The number of rotatable bonds is 1. The van der Waals surface area contributed by atoms with E-state index in [2.05, 4.69) is 54.8 Å². The predicted octanol–water partition coefficient (Wildman–Crippen LogP) is 1.08. The molecule has 46 heavy (non-hydrogen) atoms. The van der Waals surface area contributed by atoms with Crippen molar-refractivity contribution in [2.75, 3.05) is 0 Å². The Balaban J connectivity index is 0.000000526. The van der Waals surface area contributed by atoms with Gasteiger partial charge in [-0.05, 0) is 105 Å². The van der Waals surface area contributed by atoms with E-state index in [1.54, 1.807) is 0 Å². The summed E-state index contributed by atoms with van der Waals surface area (Å²) in [6.45, 7) is 3.09. The smallest absolute Gasteiger partial charge is 0.240 e. The number of primary amides is 1. The third kappa shape index (κ3) is 6.53. The molecule has 11 heteroatoms. The molecule has 5 heterocycles. The maximum Gasteiger partial charge on any atom is 0.240 e. The molecule has 0 aromatic rings. The molecule has 5 saturated heterocycles. The molecule has 10 nitrogen and oxygen atoms in total. The van der Waals surface area contributed by atoms with Crippen LogP contribution < -0.4 is 48.3 Å². The van der Waals surface area contributed by atoms with Crippen LogP contribution in [0.2, 0.25) is 0 Å². The largest absolute Gasteiger partial charge is 0.366 e. The number of carbonyl (C=O) groups is 1. The van der Waals surface area contributed by atoms with Crippen molar-refractivity contribution in [3.05, 3.63) is 12.7 Å². The zero-order valence-electron chi connectivity index (χ0n) is 27.3. The van der Waals surface area contributed by atoms with Gasteiger partial charge in [0, 0.05) is 0 Å². The van der Waals surface area contributed by atoms with Crippen LogP contribution in [0.15, 0.2) is 12.7 Å². The van der Waals surface area contributed by atoms with Crippen LogP contribution in [0.1, 0.15) is 103 Å². The molecule has 4 saturated carbocycles. The third-order valence-corrected chi connectivity index (χ3v) is 14.0. The second kappa shape index (κ2) is 14.7. The van der Waals surface area contributed by atoms with Gasteiger partial charge >= 0.3 is 0 Å². The lowest BCUT2D eigenvalue weighted by atomic mass is 9.76. The number of nitrogens with one attached hydrogen (secondary N) is 8. The summed E-state index contributed by atoms with van der Waals surface area (Å²) >= 11 is 0.